The first-order valence-electron chi connectivity index (χ1n) is 5.27. The van der Waals surface area contributed by atoms with Crippen LogP contribution in [0.2, 0.25) is 0 Å². The summed E-state index contributed by atoms with van der Waals surface area (Å²) in [4.78, 5) is 25.2. The van der Waals surface area contributed by atoms with Gasteiger partial charge in [0.15, 0.2) is 0 Å². The van der Waals surface area contributed by atoms with Crippen LogP contribution in [0.15, 0.2) is 0 Å². The molecule has 17 heavy (non-hydrogen) atoms. The van der Waals surface area contributed by atoms with Gasteiger partial charge in [-0.25, -0.2) is 0 Å². The molecular weight excluding hydrogens is 246 g/mol. The Morgan fingerprint density at radius 1 is 1.65 bits per heavy atom. The highest BCUT2D eigenvalue weighted by atomic mass is 35.5. The zero-order valence-corrected chi connectivity index (χ0v) is 11.2. The van der Waals surface area contributed by atoms with Crippen molar-refractivity contribution in [2.45, 2.75) is 25.5 Å². The van der Waals surface area contributed by atoms with Gasteiger partial charge >= 0.3 is 0 Å². The van der Waals surface area contributed by atoms with E-state index < -0.39 is 11.6 Å². The zero-order chi connectivity index (χ0) is 12.3. The van der Waals surface area contributed by atoms with E-state index in [0.29, 0.717) is 13.1 Å². The van der Waals surface area contributed by atoms with Gasteiger partial charge in [0.2, 0.25) is 5.91 Å². The van der Waals surface area contributed by atoms with Gasteiger partial charge < -0.3 is 20.7 Å². The van der Waals surface area contributed by atoms with Crippen LogP contribution in [0.3, 0.4) is 0 Å². The summed E-state index contributed by atoms with van der Waals surface area (Å²) in [5.74, 6) is -0.385. The molecule has 0 aromatic carbocycles. The van der Waals surface area contributed by atoms with E-state index in [0.717, 1.165) is 0 Å². The lowest BCUT2D eigenvalue weighted by Crippen LogP contribution is -2.65. The number of nitrogens with two attached hydrogens (primary N) is 1. The van der Waals surface area contributed by atoms with Gasteiger partial charge in [-0.3, -0.25) is 9.59 Å². The number of nitrogens with one attached hydrogen (secondary N) is 1. The second-order valence-electron chi connectivity index (χ2n) is 4.26. The van der Waals surface area contributed by atoms with Crippen LogP contribution in [0.5, 0.6) is 0 Å². The molecule has 2 amide bonds. The Kier molecular flexibility index (Phi) is 5.87. The third kappa shape index (κ3) is 3.08. The van der Waals surface area contributed by atoms with Crippen LogP contribution in [0.25, 0.3) is 0 Å². The van der Waals surface area contributed by atoms with E-state index in [9.17, 15) is 9.59 Å². The van der Waals surface area contributed by atoms with Crippen LogP contribution in [0.1, 0.15) is 13.8 Å². The zero-order valence-electron chi connectivity index (χ0n) is 10.4. The SMILES string of the molecule is COC(CN)C(=O)N1CCNC(=O)C1(C)C.Cl. The van der Waals surface area contributed by atoms with Crippen molar-refractivity contribution in [2.75, 3.05) is 26.7 Å². The Bertz CT molecular complexity index is 293. The summed E-state index contributed by atoms with van der Waals surface area (Å²) in [5.41, 5.74) is 4.60. The summed E-state index contributed by atoms with van der Waals surface area (Å²) in [7, 11) is 1.44. The molecule has 0 aromatic heterocycles. The molecule has 1 atom stereocenters. The minimum absolute atomic E-state index is 0. The van der Waals surface area contributed by atoms with E-state index in [2.05, 4.69) is 5.32 Å². The van der Waals surface area contributed by atoms with Crippen LogP contribution >= 0.6 is 12.4 Å². The summed E-state index contributed by atoms with van der Waals surface area (Å²) in [6, 6.07) is 0. The maximum absolute atomic E-state index is 12.1. The van der Waals surface area contributed by atoms with Gasteiger partial charge in [-0.05, 0) is 13.8 Å². The normalized spacial score (nSPS) is 20.2. The van der Waals surface area contributed by atoms with Crippen molar-refractivity contribution in [2.24, 2.45) is 5.73 Å². The van der Waals surface area contributed by atoms with E-state index in [4.69, 9.17) is 10.5 Å². The number of hydrogen-bond acceptors (Lipinski definition) is 4. The molecule has 1 rings (SSSR count). The molecule has 100 valence electrons. The molecule has 0 aliphatic carbocycles. The van der Waals surface area contributed by atoms with Crippen LogP contribution in [0, 0.1) is 0 Å². The van der Waals surface area contributed by atoms with Gasteiger partial charge in [-0.15, -0.1) is 12.4 Å². The Morgan fingerprint density at radius 2 is 2.24 bits per heavy atom. The molecular formula is C10H20ClN3O3. The number of carbonyl (C=O) groups is 2. The molecule has 3 N–H and O–H groups in total. The Balaban J connectivity index is 0.00000256. The predicted molar refractivity (Wildman–Crippen MR) is 65.9 cm³/mol. The van der Waals surface area contributed by atoms with Crippen molar-refractivity contribution >= 4 is 24.2 Å². The fourth-order valence-corrected chi connectivity index (χ4v) is 1.76. The second-order valence-corrected chi connectivity index (χ2v) is 4.26. The Labute approximate surface area is 107 Å². The molecule has 1 aliphatic rings. The molecule has 1 aliphatic heterocycles. The highest BCUT2D eigenvalue weighted by Crippen LogP contribution is 2.19. The molecule has 7 heteroatoms. The number of methoxy groups -OCH3 is 1. The fourth-order valence-electron chi connectivity index (χ4n) is 1.76. The topological polar surface area (TPSA) is 84.7 Å². The number of piperazine rings is 1. The van der Waals surface area contributed by atoms with Crippen LogP contribution < -0.4 is 11.1 Å². The van der Waals surface area contributed by atoms with Crippen molar-refractivity contribution in [3.8, 4) is 0 Å². The fraction of sp³-hybridized carbons (Fsp3) is 0.800. The van der Waals surface area contributed by atoms with E-state index in [-0.39, 0.29) is 30.8 Å². The smallest absolute Gasteiger partial charge is 0.253 e. The quantitative estimate of drug-likeness (QED) is 0.694. The van der Waals surface area contributed by atoms with Crippen LogP contribution in [0.4, 0.5) is 0 Å². The minimum atomic E-state index is -0.846. The molecule has 1 fully saturated rings. The first-order chi connectivity index (χ1) is 7.45. The second kappa shape index (κ2) is 6.18. The molecule has 0 spiro atoms. The highest BCUT2D eigenvalue weighted by molar-refractivity contribution is 5.93. The highest BCUT2D eigenvalue weighted by Gasteiger charge is 2.42. The summed E-state index contributed by atoms with van der Waals surface area (Å²) in [5, 5.41) is 2.73. The van der Waals surface area contributed by atoms with Gasteiger partial charge in [0.1, 0.15) is 11.6 Å². The number of hydrogen-bond donors (Lipinski definition) is 2. The maximum Gasteiger partial charge on any atom is 0.253 e. The van der Waals surface area contributed by atoms with Crippen molar-refractivity contribution in [1.82, 2.24) is 10.2 Å². The van der Waals surface area contributed by atoms with E-state index in [1.807, 2.05) is 0 Å². The summed E-state index contributed by atoms with van der Waals surface area (Å²) >= 11 is 0. The lowest BCUT2D eigenvalue weighted by atomic mass is 9.98. The van der Waals surface area contributed by atoms with E-state index in [1.54, 1.807) is 13.8 Å². The predicted octanol–water partition coefficient (Wildman–Crippen LogP) is -0.881. The lowest BCUT2D eigenvalue weighted by Gasteiger charge is -2.42. The van der Waals surface area contributed by atoms with E-state index in [1.165, 1.54) is 12.0 Å². The molecule has 0 saturated carbocycles. The summed E-state index contributed by atoms with van der Waals surface area (Å²) in [6.45, 7) is 4.49. The molecule has 1 saturated heterocycles. The van der Waals surface area contributed by atoms with Gasteiger partial charge in [0.25, 0.3) is 5.91 Å². The van der Waals surface area contributed by atoms with E-state index >= 15 is 0 Å². The van der Waals surface area contributed by atoms with Crippen molar-refractivity contribution in [3.63, 3.8) is 0 Å². The number of halogens is 1. The Hall–Kier alpha value is -0.850. The molecule has 6 nitrogen and oxygen atoms in total. The monoisotopic (exact) mass is 265 g/mol. The van der Waals surface area contributed by atoms with Gasteiger partial charge in [-0.2, -0.15) is 0 Å². The number of rotatable bonds is 3. The van der Waals surface area contributed by atoms with Gasteiger partial charge in [0, 0.05) is 26.7 Å². The molecule has 0 radical (unpaired) electrons. The number of carbonyl (C=O) groups excluding carboxylic acids is 2. The largest absolute Gasteiger partial charge is 0.370 e. The molecule has 1 unspecified atom stereocenters. The molecule has 0 aromatic rings. The molecule has 1 heterocycles. The van der Waals surface area contributed by atoms with Crippen LogP contribution in [-0.4, -0.2) is 55.1 Å². The number of nitrogens with zero attached hydrogens (tertiary/aromatic N) is 1. The van der Waals surface area contributed by atoms with Gasteiger partial charge in [0.05, 0.1) is 0 Å². The minimum Gasteiger partial charge on any atom is -0.370 e. The first kappa shape index (κ1) is 16.1. The third-order valence-corrected chi connectivity index (χ3v) is 2.89. The van der Waals surface area contributed by atoms with Crippen molar-refractivity contribution in [3.05, 3.63) is 0 Å². The van der Waals surface area contributed by atoms with Crippen molar-refractivity contribution < 1.29 is 14.3 Å². The maximum atomic E-state index is 12.1. The number of amides is 2. The Morgan fingerprint density at radius 3 is 2.71 bits per heavy atom. The van der Waals surface area contributed by atoms with Crippen LogP contribution in [-0.2, 0) is 14.3 Å². The summed E-state index contributed by atoms with van der Waals surface area (Å²) < 4.78 is 5.00. The standard InChI is InChI=1S/C10H19N3O3.ClH/c1-10(2)9(15)12-4-5-13(10)8(14)7(6-11)16-3;/h7H,4-6,11H2,1-3H3,(H,12,15);1H. The number of ether oxygens (including phenoxy) is 1. The average Bonchev–Trinajstić information content (AvgIpc) is 2.23. The molecule has 0 bridgehead atoms. The van der Waals surface area contributed by atoms with Gasteiger partial charge in [-0.1, -0.05) is 0 Å². The van der Waals surface area contributed by atoms with Crippen molar-refractivity contribution in [1.29, 1.82) is 0 Å². The first-order valence-corrected chi connectivity index (χ1v) is 5.27. The lowest BCUT2D eigenvalue weighted by molar-refractivity contribution is -0.156. The third-order valence-electron chi connectivity index (χ3n) is 2.89. The average molecular weight is 266 g/mol. The summed E-state index contributed by atoms with van der Waals surface area (Å²) in [6.07, 6.45) is -0.676.